The topological polar surface area (TPSA) is 115 Å². The summed E-state index contributed by atoms with van der Waals surface area (Å²) in [6.45, 7) is 7.81. The van der Waals surface area contributed by atoms with Crippen molar-refractivity contribution in [3.8, 4) is 6.07 Å². The third kappa shape index (κ3) is 4.23. The standard InChI is InChI=1S/C28H22N5O2.Zn/c1-14-20-5-6-21(30-20)15(2)23-9-10-25(32-23)17(4)27-18(11-19(13-29)28(34)35)12-26(33-27)16(3)24-8-7-22(14)31-24;/h5-12H,1-4H3,(H2-,30,31,32,33,34,35);/q-1;+2/p-1/b19-11+,20-14?,21-15?,22-14?,23-15?,24-16?,25-17?,26-16?,27-17?;. The summed E-state index contributed by atoms with van der Waals surface area (Å²) >= 11 is 0. The van der Waals surface area contributed by atoms with E-state index in [-0.39, 0.29) is 25.1 Å². The van der Waals surface area contributed by atoms with Crippen LogP contribution in [0.25, 0.3) is 52.4 Å². The number of hydrogen-bond acceptors (Lipinski definition) is 4. The van der Waals surface area contributed by atoms with Crippen molar-refractivity contribution in [1.29, 1.82) is 5.26 Å². The van der Waals surface area contributed by atoms with Gasteiger partial charge in [-0.2, -0.15) is 5.26 Å². The van der Waals surface area contributed by atoms with Crippen molar-refractivity contribution in [3.05, 3.63) is 74.4 Å². The molecule has 0 unspecified atom stereocenters. The summed E-state index contributed by atoms with van der Waals surface area (Å²) < 4.78 is 0. The summed E-state index contributed by atoms with van der Waals surface area (Å²) in [7, 11) is 0. The molecular weight excluding hydrogens is 504 g/mol. The normalized spacial score (nSPS) is 12.4. The van der Waals surface area contributed by atoms with Crippen LogP contribution in [0.4, 0.5) is 0 Å². The molecule has 0 spiro atoms. The second kappa shape index (κ2) is 9.52. The predicted molar refractivity (Wildman–Crippen MR) is 137 cm³/mol. The van der Waals surface area contributed by atoms with E-state index >= 15 is 0 Å². The minimum absolute atomic E-state index is 0. The van der Waals surface area contributed by atoms with Crippen molar-refractivity contribution >= 4 is 58.4 Å². The fraction of sp³-hybridized carbons (Fsp3) is 0.143. The van der Waals surface area contributed by atoms with E-state index in [1.807, 2.05) is 64.1 Å². The maximum atomic E-state index is 11.5. The Labute approximate surface area is 220 Å². The molecule has 1 N–H and O–H groups in total. The first-order valence-electron chi connectivity index (χ1n) is 11.1. The van der Waals surface area contributed by atoms with Gasteiger partial charge in [-0.25, -0.2) is 14.8 Å². The number of carboxylic acids is 1. The third-order valence-corrected chi connectivity index (χ3v) is 6.41. The minimum Gasteiger partial charge on any atom is -0.657 e. The number of aryl methyl sites for hydroxylation is 4. The second-order valence-corrected chi connectivity index (χ2v) is 8.57. The molecule has 5 heterocycles. The van der Waals surface area contributed by atoms with Crippen LogP contribution in [0.2, 0.25) is 0 Å². The smallest absolute Gasteiger partial charge is 0.657 e. The van der Waals surface area contributed by atoms with Crippen LogP contribution in [0.3, 0.4) is 0 Å². The Bertz CT molecular complexity index is 1730. The van der Waals surface area contributed by atoms with Gasteiger partial charge in [0.15, 0.2) is 0 Å². The van der Waals surface area contributed by atoms with Crippen LogP contribution < -0.4 is 9.97 Å². The average molecular weight is 525 g/mol. The molecule has 0 saturated carbocycles. The fourth-order valence-electron chi connectivity index (χ4n) is 4.19. The molecule has 36 heavy (non-hydrogen) atoms. The summed E-state index contributed by atoms with van der Waals surface area (Å²) in [5.74, 6) is -1.29. The summed E-state index contributed by atoms with van der Waals surface area (Å²) in [6, 6.07) is 7.53. The van der Waals surface area contributed by atoms with Crippen LogP contribution >= 0.6 is 0 Å². The van der Waals surface area contributed by atoms with E-state index in [1.54, 1.807) is 12.1 Å². The number of aliphatic carboxylic acids is 1. The molecule has 0 radical (unpaired) electrons. The van der Waals surface area contributed by atoms with Crippen molar-refractivity contribution in [1.82, 2.24) is 19.9 Å². The first kappa shape index (κ1) is 25.0. The molecule has 0 amide bonds. The minimum atomic E-state index is -1.29. The van der Waals surface area contributed by atoms with Gasteiger partial charge in [-0.15, -0.1) is 22.1 Å². The number of aromatic nitrogens is 4. The molecule has 2 aliphatic heterocycles. The molecule has 8 bridgehead atoms. The number of nitriles is 1. The van der Waals surface area contributed by atoms with Crippen molar-refractivity contribution < 1.29 is 29.4 Å². The Morgan fingerprint density at radius 1 is 0.833 bits per heavy atom. The van der Waals surface area contributed by atoms with Gasteiger partial charge in [0.05, 0.1) is 22.8 Å². The number of nitrogens with zero attached hydrogens (tertiary/aromatic N) is 5. The van der Waals surface area contributed by atoms with Gasteiger partial charge < -0.3 is 15.1 Å². The van der Waals surface area contributed by atoms with Gasteiger partial charge in [-0.3, -0.25) is 0 Å². The number of fused-ring (bicyclic) bond motifs is 8. The molecule has 172 valence electrons. The van der Waals surface area contributed by atoms with Crippen LogP contribution in [0, 0.1) is 39.0 Å². The van der Waals surface area contributed by atoms with E-state index in [0.29, 0.717) is 16.6 Å². The van der Waals surface area contributed by atoms with Gasteiger partial charge in [-0.1, -0.05) is 18.2 Å². The van der Waals surface area contributed by atoms with Crippen LogP contribution in [-0.2, 0) is 24.3 Å². The summed E-state index contributed by atoms with van der Waals surface area (Å²) in [5.41, 5.74) is 9.79. The van der Waals surface area contributed by atoms with Gasteiger partial charge in [0.2, 0.25) is 0 Å². The maximum absolute atomic E-state index is 11.5. The molecule has 0 aliphatic carbocycles. The van der Waals surface area contributed by atoms with Gasteiger partial charge in [0.25, 0.3) is 0 Å². The van der Waals surface area contributed by atoms with E-state index in [9.17, 15) is 15.2 Å². The molecule has 0 fully saturated rings. The van der Waals surface area contributed by atoms with E-state index < -0.39 is 5.97 Å². The Kier molecular flexibility index (Phi) is 6.62. The van der Waals surface area contributed by atoms with E-state index in [4.69, 9.17) is 19.9 Å². The maximum Gasteiger partial charge on any atom is 2.00 e. The van der Waals surface area contributed by atoms with Gasteiger partial charge >= 0.3 is 25.4 Å². The van der Waals surface area contributed by atoms with Crippen molar-refractivity contribution in [2.24, 2.45) is 0 Å². The molecule has 5 rings (SSSR count). The summed E-state index contributed by atoms with van der Waals surface area (Å²) in [5, 5.41) is 18.7. The van der Waals surface area contributed by atoms with Crippen molar-refractivity contribution in [3.63, 3.8) is 0 Å². The Hall–Kier alpha value is -4.08. The molecule has 3 aromatic heterocycles. The van der Waals surface area contributed by atoms with Crippen LogP contribution in [-0.4, -0.2) is 21.0 Å². The Morgan fingerprint density at radius 2 is 1.31 bits per heavy atom. The van der Waals surface area contributed by atoms with Crippen molar-refractivity contribution in [2.45, 2.75) is 27.7 Å². The average Bonchev–Trinajstić information content (AvgIpc) is 3.65. The van der Waals surface area contributed by atoms with E-state index in [2.05, 4.69) is 0 Å². The van der Waals surface area contributed by atoms with E-state index in [0.717, 1.165) is 56.1 Å². The molecule has 7 nitrogen and oxygen atoms in total. The Balaban J connectivity index is 0.00000304. The molecular formula is C28H21N5O2Zn. The molecule has 0 atom stereocenters. The zero-order valence-electron chi connectivity index (χ0n) is 20.4. The van der Waals surface area contributed by atoms with E-state index in [1.165, 1.54) is 6.08 Å². The second-order valence-electron chi connectivity index (χ2n) is 8.57. The zero-order chi connectivity index (χ0) is 24.9. The SMILES string of the molecule is Cc1c2nc(c(C)c3cc(/C=C(\C#N)C(=O)O)c([n-]3)c(C)c3nc(c(C)c4ccc1[n-]4)C=C3)C=C2.[Zn+2]. The first-order chi connectivity index (χ1) is 16.8. The monoisotopic (exact) mass is 523 g/mol. The zero-order valence-corrected chi connectivity index (χ0v) is 23.4. The number of carboxylic acid groups (broad SMARTS) is 1. The number of rotatable bonds is 2. The summed E-state index contributed by atoms with van der Waals surface area (Å²) in [6.07, 6.45) is 9.12. The molecule has 0 saturated heterocycles. The molecule has 0 aromatic carbocycles. The predicted octanol–water partition coefficient (Wildman–Crippen LogP) is 5.14. The van der Waals surface area contributed by atoms with Crippen LogP contribution in [0.5, 0.6) is 0 Å². The van der Waals surface area contributed by atoms with Gasteiger partial charge in [-0.05, 0) is 85.9 Å². The fourth-order valence-corrected chi connectivity index (χ4v) is 4.19. The molecule has 3 aromatic rings. The van der Waals surface area contributed by atoms with Crippen LogP contribution in [0.1, 0.15) is 50.6 Å². The molecule has 2 aliphatic rings. The summed E-state index contributed by atoms with van der Waals surface area (Å²) in [4.78, 5) is 30.8. The van der Waals surface area contributed by atoms with Gasteiger partial charge in [0.1, 0.15) is 11.6 Å². The number of carbonyl (C=O) groups is 1. The van der Waals surface area contributed by atoms with Gasteiger partial charge in [0, 0.05) is 0 Å². The quantitative estimate of drug-likeness (QED) is 0.193. The van der Waals surface area contributed by atoms with Crippen LogP contribution in [0.15, 0.2) is 23.8 Å². The Morgan fingerprint density at radius 3 is 1.78 bits per heavy atom. The van der Waals surface area contributed by atoms with Crippen molar-refractivity contribution in [2.75, 3.05) is 0 Å². The largest absolute Gasteiger partial charge is 2.00 e. The molecule has 8 heteroatoms. The third-order valence-electron chi connectivity index (χ3n) is 6.41. The number of hydrogen-bond donors (Lipinski definition) is 1. The first-order valence-corrected chi connectivity index (χ1v) is 11.1.